The molecule has 1 amide bonds. The molecule has 0 N–H and O–H groups in total. The molecule has 0 saturated carbocycles. The maximum atomic E-state index is 12.5. The molecular weight excluding hydrogens is 316 g/mol. The average molecular weight is 338 g/mol. The average Bonchev–Trinajstić information content (AvgIpc) is 2.67. The van der Waals surface area contributed by atoms with Crippen LogP contribution in [0.5, 0.6) is 0 Å². The van der Waals surface area contributed by atoms with Gasteiger partial charge in [-0.25, -0.2) is 4.98 Å². The van der Waals surface area contributed by atoms with Crippen molar-refractivity contribution in [1.29, 1.82) is 0 Å². The van der Waals surface area contributed by atoms with E-state index in [1.165, 1.54) is 0 Å². The van der Waals surface area contributed by atoms with Crippen molar-refractivity contribution in [2.24, 2.45) is 0 Å². The van der Waals surface area contributed by atoms with Crippen LogP contribution < -0.4 is 4.90 Å². The number of aromatic nitrogens is 2. The molecule has 0 radical (unpaired) electrons. The van der Waals surface area contributed by atoms with Crippen LogP contribution >= 0.6 is 0 Å². The first-order valence-electron chi connectivity index (χ1n) is 8.27. The number of anilines is 1. The summed E-state index contributed by atoms with van der Waals surface area (Å²) >= 11 is 0. The summed E-state index contributed by atoms with van der Waals surface area (Å²) in [5.41, 5.74) is 1.77. The predicted octanol–water partition coefficient (Wildman–Crippen LogP) is 2.16. The molecule has 6 heteroatoms. The van der Waals surface area contributed by atoms with Crippen molar-refractivity contribution in [3.05, 3.63) is 60.1 Å². The first kappa shape index (κ1) is 17.1. The van der Waals surface area contributed by atoms with Crippen molar-refractivity contribution < 1.29 is 9.53 Å². The fourth-order valence-electron chi connectivity index (χ4n) is 2.77. The highest BCUT2D eigenvalue weighted by Gasteiger charge is 2.28. The summed E-state index contributed by atoms with van der Waals surface area (Å²) < 4.78 is 5.85. The third-order valence-electron chi connectivity index (χ3n) is 4.03. The Kier molecular flexibility index (Phi) is 5.40. The van der Waals surface area contributed by atoms with Gasteiger partial charge in [0, 0.05) is 39.1 Å². The summed E-state index contributed by atoms with van der Waals surface area (Å²) in [5, 5.41) is 0. The second-order valence-corrected chi connectivity index (χ2v) is 6.05. The second kappa shape index (κ2) is 7.90. The van der Waals surface area contributed by atoms with Crippen molar-refractivity contribution in [3.63, 3.8) is 0 Å². The van der Waals surface area contributed by atoms with E-state index in [0.29, 0.717) is 19.7 Å². The molecule has 25 heavy (non-hydrogen) atoms. The lowest BCUT2D eigenvalue weighted by molar-refractivity contribution is -0.133. The monoisotopic (exact) mass is 338 g/mol. The number of amides is 1. The van der Waals surface area contributed by atoms with Crippen LogP contribution in [0.1, 0.15) is 17.4 Å². The Hall–Kier alpha value is -2.73. The number of hydrogen-bond donors (Lipinski definition) is 0. The first-order chi connectivity index (χ1) is 12.1. The molecule has 3 rings (SSSR count). The van der Waals surface area contributed by atoms with Crippen molar-refractivity contribution in [2.45, 2.75) is 6.10 Å². The number of benzene rings is 1. The number of nitrogens with zero attached hydrogens (tertiary/aromatic N) is 4. The lowest BCUT2D eigenvalue weighted by Gasteiger charge is -2.33. The lowest BCUT2D eigenvalue weighted by Crippen LogP contribution is -2.42. The van der Waals surface area contributed by atoms with Crippen LogP contribution in [0.4, 0.5) is 5.82 Å². The van der Waals surface area contributed by atoms with Crippen LogP contribution in [-0.2, 0) is 9.53 Å². The van der Waals surface area contributed by atoms with Crippen LogP contribution in [-0.4, -0.2) is 54.6 Å². The van der Waals surface area contributed by atoms with E-state index < -0.39 is 0 Å². The summed E-state index contributed by atoms with van der Waals surface area (Å²) in [6.45, 7) is 1.53. The standard InChI is InChI=1S/C19H22N4O2/c1-22(2)19-18(20-10-11-21-19)16-14-23(12-13-25-16)17(24)9-8-15-6-4-3-5-7-15/h3-11,16H,12-14H2,1-2H3/b9-8+/t16-/m0/s1. The zero-order valence-corrected chi connectivity index (χ0v) is 14.5. The SMILES string of the molecule is CN(C)c1nccnc1[C@@H]1CN(C(=O)/C=C/c2ccccc2)CCO1. The van der Waals surface area contributed by atoms with Crippen LogP contribution in [0.3, 0.4) is 0 Å². The molecule has 130 valence electrons. The van der Waals surface area contributed by atoms with Gasteiger partial charge in [-0.05, 0) is 11.6 Å². The van der Waals surface area contributed by atoms with Gasteiger partial charge in [0.1, 0.15) is 11.8 Å². The Morgan fingerprint density at radius 2 is 2.00 bits per heavy atom. The number of hydrogen-bond acceptors (Lipinski definition) is 5. The van der Waals surface area contributed by atoms with Crippen molar-refractivity contribution in [1.82, 2.24) is 14.9 Å². The summed E-state index contributed by atoms with van der Waals surface area (Å²) in [5.74, 6) is 0.745. The highest BCUT2D eigenvalue weighted by atomic mass is 16.5. The number of morpholine rings is 1. The highest BCUT2D eigenvalue weighted by Crippen LogP contribution is 2.26. The van der Waals surface area contributed by atoms with Gasteiger partial charge in [0.2, 0.25) is 5.91 Å². The van der Waals surface area contributed by atoms with Crippen molar-refractivity contribution >= 4 is 17.8 Å². The Morgan fingerprint density at radius 3 is 2.76 bits per heavy atom. The third-order valence-corrected chi connectivity index (χ3v) is 4.03. The minimum absolute atomic E-state index is 0.0209. The minimum Gasteiger partial charge on any atom is -0.368 e. The molecule has 1 fully saturated rings. The van der Waals surface area contributed by atoms with Gasteiger partial charge in [0.05, 0.1) is 13.2 Å². The molecule has 0 unspecified atom stereocenters. The summed E-state index contributed by atoms with van der Waals surface area (Å²) in [4.78, 5) is 25.0. The van der Waals surface area contributed by atoms with Gasteiger partial charge in [-0.3, -0.25) is 9.78 Å². The van der Waals surface area contributed by atoms with Gasteiger partial charge >= 0.3 is 0 Å². The van der Waals surface area contributed by atoms with E-state index in [2.05, 4.69) is 9.97 Å². The van der Waals surface area contributed by atoms with E-state index in [4.69, 9.17) is 4.74 Å². The number of rotatable bonds is 4. The Labute approximate surface area is 147 Å². The van der Waals surface area contributed by atoms with Gasteiger partial charge < -0.3 is 14.5 Å². The van der Waals surface area contributed by atoms with E-state index >= 15 is 0 Å². The minimum atomic E-state index is -0.270. The first-order valence-corrected chi connectivity index (χ1v) is 8.27. The molecule has 1 aromatic heterocycles. The predicted molar refractivity (Wildman–Crippen MR) is 97.1 cm³/mol. The largest absolute Gasteiger partial charge is 0.368 e. The van der Waals surface area contributed by atoms with Crippen LogP contribution in [0.15, 0.2) is 48.8 Å². The molecule has 1 aliphatic heterocycles. The highest BCUT2D eigenvalue weighted by molar-refractivity contribution is 5.91. The molecule has 0 spiro atoms. The molecular formula is C19H22N4O2. The molecule has 1 saturated heterocycles. The quantitative estimate of drug-likeness (QED) is 0.800. The molecule has 2 aromatic rings. The molecule has 1 atom stereocenters. The maximum Gasteiger partial charge on any atom is 0.246 e. The van der Waals surface area contributed by atoms with E-state index in [9.17, 15) is 4.79 Å². The topological polar surface area (TPSA) is 58.6 Å². The third kappa shape index (κ3) is 4.22. The van der Waals surface area contributed by atoms with Gasteiger partial charge in [-0.2, -0.15) is 0 Å². The van der Waals surface area contributed by atoms with Gasteiger partial charge in [-0.15, -0.1) is 0 Å². The van der Waals surface area contributed by atoms with Crippen molar-refractivity contribution in [3.8, 4) is 0 Å². The molecule has 2 heterocycles. The van der Waals surface area contributed by atoms with E-state index in [0.717, 1.165) is 17.1 Å². The Bertz CT molecular complexity index is 746. The molecule has 6 nitrogen and oxygen atoms in total. The maximum absolute atomic E-state index is 12.5. The molecule has 1 aromatic carbocycles. The van der Waals surface area contributed by atoms with Crippen LogP contribution in [0.2, 0.25) is 0 Å². The van der Waals surface area contributed by atoms with Gasteiger partial charge in [0.25, 0.3) is 0 Å². The van der Waals surface area contributed by atoms with Gasteiger partial charge in [0.15, 0.2) is 5.82 Å². The summed E-state index contributed by atoms with van der Waals surface area (Å²) in [7, 11) is 3.84. The number of carbonyl (C=O) groups is 1. The number of ether oxygens (including phenoxy) is 1. The summed E-state index contributed by atoms with van der Waals surface area (Å²) in [6, 6.07) is 9.79. The molecule has 1 aliphatic rings. The van der Waals surface area contributed by atoms with Crippen molar-refractivity contribution in [2.75, 3.05) is 38.7 Å². The zero-order chi connectivity index (χ0) is 17.6. The Balaban J connectivity index is 1.71. The Morgan fingerprint density at radius 1 is 1.24 bits per heavy atom. The fourth-order valence-corrected chi connectivity index (χ4v) is 2.77. The fraction of sp³-hybridized carbons (Fsp3) is 0.316. The van der Waals surface area contributed by atoms with Crippen LogP contribution in [0, 0.1) is 0 Å². The van der Waals surface area contributed by atoms with Crippen LogP contribution in [0.25, 0.3) is 6.08 Å². The normalized spacial score (nSPS) is 17.7. The smallest absolute Gasteiger partial charge is 0.246 e. The molecule has 0 aliphatic carbocycles. The van der Waals surface area contributed by atoms with E-state index in [-0.39, 0.29) is 12.0 Å². The zero-order valence-electron chi connectivity index (χ0n) is 14.5. The molecule has 0 bridgehead atoms. The van der Waals surface area contributed by atoms with E-state index in [1.54, 1.807) is 23.4 Å². The number of carbonyl (C=O) groups excluding carboxylic acids is 1. The second-order valence-electron chi connectivity index (χ2n) is 6.05. The summed E-state index contributed by atoms with van der Waals surface area (Å²) in [6.07, 6.45) is 6.49. The van der Waals surface area contributed by atoms with E-state index in [1.807, 2.05) is 55.4 Å². The van der Waals surface area contributed by atoms with Gasteiger partial charge in [-0.1, -0.05) is 30.3 Å². The lowest BCUT2D eigenvalue weighted by atomic mass is 10.1.